The second kappa shape index (κ2) is 13.6. The number of hydrogen-bond donors (Lipinski definition) is 3. The standard InChI is InChI=1S/C23H34N4O4/c1-17(2)12-21(27-23(29)31-14-18-6-4-3-5-7-18)15-30-16-26-20(8-10-24)13-19-9-11-25-22(19)28/h3-7,17,19-21,26H,8-9,11-16H2,1-2H3,(H,25,28)(H,27,29)/t19-,20+,21-/m0/s1. The highest BCUT2D eigenvalue weighted by atomic mass is 16.5. The van der Waals surface area contributed by atoms with Crippen molar-refractivity contribution in [2.45, 2.75) is 58.2 Å². The largest absolute Gasteiger partial charge is 0.445 e. The van der Waals surface area contributed by atoms with Crippen molar-refractivity contribution >= 4 is 12.0 Å². The Kier molecular flexibility index (Phi) is 10.8. The van der Waals surface area contributed by atoms with Gasteiger partial charge in [0.25, 0.3) is 0 Å². The van der Waals surface area contributed by atoms with Gasteiger partial charge in [-0.05, 0) is 30.7 Å². The number of alkyl carbamates (subject to hydrolysis) is 1. The Hall–Kier alpha value is -2.63. The number of nitrogens with zero attached hydrogens (tertiary/aromatic N) is 1. The molecule has 8 nitrogen and oxygen atoms in total. The Balaban J connectivity index is 1.73. The topological polar surface area (TPSA) is 112 Å². The zero-order valence-corrected chi connectivity index (χ0v) is 18.4. The van der Waals surface area contributed by atoms with Crippen molar-refractivity contribution in [2.24, 2.45) is 11.8 Å². The summed E-state index contributed by atoms with van der Waals surface area (Å²) in [6.07, 6.45) is 2.01. The fraction of sp³-hybridized carbons (Fsp3) is 0.609. The molecule has 0 radical (unpaired) electrons. The predicted octanol–water partition coefficient (Wildman–Crippen LogP) is 2.70. The summed E-state index contributed by atoms with van der Waals surface area (Å²) in [7, 11) is 0. The van der Waals surface area contributed by atoms with Crippen LogP contribution in [0.3, 0.4) is 0 Å². The van der Waals surface area contributed by atoms with E-state index in [9.17, 15) is 9.59 Å². The van der Waals surface area contributed by atoms with Crippen molar-refractivity contribution in [3.8, 4) is 6.07 Å². The molecular weight excluding hydrogens is 396 g/mol. The maximum Gasteiger partial charge on any atom is 0.407 e. The van der Waals surface area contributed by atoms with Crippen LogP contribution in [-0.4, -0.2) is 44.0 Å². The van der Waals surface area contributed by atoms with Crippen molar-refractivity contribution < 1.29 is 19.1 Å². The maximum atomic E-state index is 12.2. The molecule has 2 amide bonds. The fourth-order valence-corrected chi connectivity index (χ4v) is 3.61. The molecule has 3 atom stereocenters. The van der Waals surface area contributed by atoms with Crippen molar-refractivity contribution in [3.63, 3.8) is 0 Å². The maximum absolute atomic E-state index is 12.2. The van der Waals surface area contributed by atoms with Crippen LogP contribution in [0.5, 0.6) is 0 Å². The number of ether oxygens (including phenoxy) is 2. The average Bonchev–Trinajstić information content (AvgIpc) is 3.14. The Morgan fingerprint density at radius 1 is 1.29 bits per heavy atom. The molecule has 31 heavy (non-hydrogen) atoms. The van der Waals surface area contributed by atoms with Crippen LogP contribution in [0.4, 0.5) is 4.79 Å². The third-order valence-corrected chi connectivity index (χ3v) is 5.15. The van der Waals surface area contributed by atoms with Crippen LogP contribution in [0, 0.1) is 23.2 Å². The van der Waals surface area contributed by atoms with E-state index in [1.807, 2.05) is 30.3 Å². The van der Waals surface area contributed by atoms with E-state index in [1.165, 1.54) is 0 Å². The van der Waals surface area contributed by atoms with Gasteiger partial charge in [-0.3, -0.25) is 10.1 Å². The second-order valence-electron chi connectivity index (χ2n) is 8.32. The lowest BCUT2D eigenvalue weighted by Gasteiger charge is -2.22. The van der Waals surface area contributed by atoms with Crippen molar-refractivity contribution in [3.05, 3.63) is 35.9 Å². The van der Waals surface area contributed by atoms with E-state index in [1.54, 1.807) is 0 Å². The third-order valence-electron chi connectivity index (χ3n) is 5.15. The number of amides is 2. The number of rotatable bonds is 13. The first kappa shape index (κ1) is 24.6. The summed E-state index contributed by atoms with van der Waals surface area (Å²) in [6, 6.07) is 11.4. The minimum absolute atomic E-state index is 0.0550. The van der Waals surface area contributed by atoms with Gasteiger partial charge in [-0.2, -0.15) is 5.26 Å². The first-order chi connectivity index (χ1) is 15.0. The quantitative estimate of drug-likeness (QED) is 0.328. The number of carbonyl (C=O) groups excluding carboxylic acids is 2. The van der Waals surface area contributed by atoms with Gasteiger partial charge in [-0.15, -0.1) is 0 Å². The Morgan fingerprint density at radius 3 is 2.71 bits per heavy atom. The summed E-state index contributed by atoms with van der Waals surface area (Å²) in [5, 5.41) is 18.0. The third kappa shape index (κ3) is 9.81. The summed E-state index contributed by atoms with van der Waals surface area (Å²) < 4.78 is 11.0. The zero-order chi connectivity index (χ0) is 22.5. The van der Waals surface area contributed by atoms with Gasteiger partial charge >= 0.3 is 6.09 Å². The highest BCUT2D eigenvalue weighted by Crippen LogP contribution is 2.17. The first-order valence-corrected chi connectivity index (χ1v) is 10.9. The van der Waals surface area contributed by atoms with E-state index >= 15 is 0 Å². The van der Waals surface area contributed by atoms with Gasteiger partial charge in [-0.25, -0.2) is 4.79 Å². The molecule has 8 heteroatoms. The molecule has 1 heterocycles. The van der Waals surface area contributed by atoms with Crippen molar-refractivity contribution in [1.82, 2.24) is 16.0 Å². The van der Waals surface area contributed by atoms with Gasteiger partial charge in [0.15, 0.2) is 0 Å². The molecule has 1 fully saturated rings. The van der Waals surface area contributed by atoms with Crippen LogP contribution in [-0.2, 0) is 20.9 Å². The molecule has 1 aliphatic heterocycles. The monoisotopic (exact) mass is 430 g/mol. The SMILES string of the molecule is CC(C)C[C@@H](COCN[C@H](CC#N)C[C@@H]1CCNC1=O)NC(=O)OCc1ccccc1. The van der Waals surface area contributed by atoms with E-state index < -0.39 is 6.09 Å². The number of nitriles is 1. The van der Waals surface area contributed by atoms with Gasteiger partial charge < -0.3 is 20.1 Å². The summed E-state index contributed by atoms with van der Waals surface area (Å²) >= 11 is 0. The van der Waals surface area contributed by atoms with E-state index in [4.69, 9.17) is 14.7 Å². The minimum Gasteiger partial charge on any atom is -0.445 e. The normalized spacial score (nSPS) is 17.6. The van der Waals surface area contributed by atoms with Gasteiger partial charge in [0.1, 0.15) is 6.61 Å². The molecule has 0 saturated carbocycles. The van der Waals surface area contributed by atoms with Crippen LogP contribution in [0.15, 0.2) is 30.3 Å². The lowest BCUT2D eigenvalue weighted by atomic mass is 9.97. The van der Waals surface area contributed by atoms with Gasteiger partial charge in [0.05, 0.1) is 31.9 Å². The Morgan fingerprint density at radius 2 is 2.06 bits per heavy atom. The summed E-state index contributed by atoms with van der Waals surface area (Å²) in [5.41, 5.74) is 0.929. The molecule has 0 unspecified atom stereocenters. The fourth-order valence-electron chi connectivity index (χ4n) is 3.61. The molecule has 1 aromatic rings. The lowest BCUT2D eigenvalue weighted by Crippen LogP contribution is -2.41. The molecule has 1 saturated heterocycles. The molecule has 1 aromatic carbocycles. The Bertz CT molecular complexity index is 720. The van der Waals surface area contributed by atoms with Crippen molar-refractivity contribution in [2.75, 3.05) is 19.9 Å². The molecule has 1 aliphatic rings. The molecule has 0 bridgehead atoms. The van der Waals surface area contributed by atoms with Crippen LogP contribution in [0.2, 0.25) is 0 Å². The zero-order valence-electron chi connectivity index (χ0n) is 18.4. The molecule has 0 aliphatic carbocycles. The number of carbonyl (C=O) groups is 2. The summed E-state index contributed by atoms with van der Waals surface area (Å²) in [5.74, 6) is 0.379. The van der Waals surface area contributed by atoms with Crippen molar-refractivity contribution in [1.29, 1.82) is 5.26 Å². The number of hydrogen-bond acceptors (Lipinski definition) is 6. The lowest BCUT2D eigenvalue weighted by molar-refractivity contribution is -0.122. The number of benzene rings is 1. The van der Waals surface area contributed by atoms with Crippen LogP contribution in [0.25, 0.3) is 0 Å². The Labute approximate surface area is 184 Å². The molecule has 3 N–H and O–H groups in total. The highest BCUT2D eigenvalue weighted by molar-refractivity contribution is 5.80. The van der Waals surface area contributed by atoms with Gasteiger partial charge in [0.2, 0.25) is 5.91 Å². The van der Waals surface area contributed by atoms with Gasteiger partial charge in [0, 0.05) is 18.5 Å². The first-order valence-electron chi connectivity index (χ1n) is 10.9. The van der Waals surface area contributed by atoms with E-state index in [2.05, 4.69) is 35.9 Å². The van der Waals surface area contributed by atoms with Crippen LogP contribution in [0.1, 0.15) is 45.1 Å². The molecule has 2 rings (SSSR count). The highest BCUT2D eigenvalue weighted by Gasteiger charge is 2.27. The summed E-state index contributed by atoms with van der Waals surface area (Å²) in [6.45, 7) is 5.65. The van der Waals surface area contributed by atoms with Crippen LogP contribution < -0.4 is 16.0 Å². The van der Waals surface area contributed by atoms with E-state index in [-0.39, 0.29) is 37.2 Å². The van der Waals surface area contributed by atoms with E-state index in [0.717, 1.165) is 18.4 Å². The molecule has 170 valence electrons. The molecule has 0 aromatic heterocycles. The summed E-state index contributed by atoms with van der Waals surface area (Å²) in [4.78, 5) is 24.0. The molecule has 0 spiro atoms. The molecular formula is C23H34N4O4. The van der Waals surface area contributed by atoms with E-state index in [0.29, 0.717) is 31.9 Å². The minimum atomic E-state index is -0.472. The van der Waals surface area contributed by atoms with Gasteiger partial charge in [-0.1, -0.05) is 44.2 Å². The average molecular weight is 431 g/mol. The predicted molar refractivity (Wildman–Crippen MR) is 117 cm³/mol. The smallest absolute Gasteiger partial charge is 0.407 e. The second-order valence-corrected chi connectivity index (χ2v) is 8.32. The number of nitrogens with one attached hydrogen (secondary N) is 3. The van der Waals surface area contributed by atoms with Crippen LogP contribution >= 0.6 is 0 Å².